The topological polar surface area (TPSA) is 84.6 Å². The lowest BCUT2D eigenvalue weighted by Gasteiger charge is -2.08. The molecule has 0 saturated carbocycles. The van der Waals surface area contributed by atoms with Gasteiger partial charge in [-0.1, -0.05) is 12.1 Å². The van der Waals surface area contributed by atoms with Crippen LogP contribution in [-0.2, 0) is 6.54 Å². The van der Waals surface area contributed by atoms with Crippen molar-refractivity contribution in [2.75, 3.05) is 12.4 Å². The molecule has 0 fully saturated rings. The Morgan fingerprint density at radius 1 is 1.25 bits per heavy atom. The summed E-state index contributed by atoms with van der Waals surface area (Å²) in [4.78, 5) is 12.1. The van der Waals surface area contributed by atoms with Gasteiger partial charge in [-0.25, -0.2) is 0 Å². The van der Waals surface area contributed by atoms with Crippen LogP contribution in [0, 0.1) is 0 Å². The maximum atomic E-state index is 12.1. The number of ether oxygens (including phenoxy) is 1. The third-order valence-electron chi connectivity index (χ3n) is 2.90. The molecular weight excluding hydrogens is 256 g/mol. The third kappa shape index (κ3) is 3.07. The molecule has 0 spiro atoms. The van der Waals surface area contributed by atoms with Crippen LogP contribution in [0.2, 0.25) is 0 Å². The molecule has 0 heterocycles. The largest absolute Gasteiger partial charge is 0.507 e. The number of amides is 1. The van der Waals surface area contributed by atoms with Crippen LogP contribution in [0.1, 0.15) is 15.9 Å². The Morgan fingerprint density at radius 2 is 1.95 bits per heavy atom. The van der Waals surface area contributed by atoms with Crippen LogP contribution in [0.5, 0.6) is 11.5 Å². The summed E-state index contributed by atoms with van der Waals surface area (Å²) in [7, 11) is 1.49. The number of phenolic OH excluding ortho intramolecular Hbond substituents is 1. The van der Waals surface area contributed by atoms with E-state index < -0.39 is 0 Å². The Morgan fingerprint density at radius 3 is 2.50 bits per heavy atom. The summed E-state index contributed by atoms with van der Waals surface area (Å²) in [6.07, 6.45) is 0. The van der Waals surface area contributed by atoms with Crippen molar-refractivity contribution in [3.8, 4) is 11.5 Å². The van der Waals surface area contributed by atoms with E-state index in [0.29, 0.717) is 18.0 Å². The summed E-state index contributed by atoms with van der Waals surface area (Å²) >= 11 is 0. The second kappa shape index (κ2) is 6.08. The Kier molecular flexibility index (Phi) is 4.22. The van der Waals surface area contributed by atoms with Gasteiger partial charge in [0.15, 0.2) is 0 Å². The second-order valence-electron chi connectivity index (χ2n) is 4.24. The molecule has 104 valence electrons. The van der Waals surface area contributed by atoms with Gasteiger partial charge in [0.25, 0.3) is 5.91 Å². The van der Waals surface area contributed by atoms with E-state index in [9.17, 15) is 9.90 Å². The highest BCUT2D eigenvalue weighted by Gasteiger charge is 2.12. The lowest BCUT2D eigenvalue weighted by atomic mass is 10.1. The maximum Gasteiger partial charge on any atom is 0.259 e. The average Bonchev–Trinajstić information content (AvgIpc) is 2.47. The first kappa shape index (κ1) is 13.9. The van der Waals surface area contributed by atoms with E-state index in [1.54, 1.807) is 18.2 Å². The summed E-state index contributed by atoms with van der Waals surface area (Å²) < 4.78 is 4.97. The van der Waals surface area contributed by atoms with Crippen LogP contribution in [0.25, 0.3) is 0 Å². The van der Waals surface area contributed by atoms with Gasteiger partial charge in [0.1, 0.15) is 11.5 Å². The molecule has 5 heteroatoms. The minimum atomic E-state index is -0.384. The summed E-state index contributed by atoms with van der Waals surface area (Å²) in [5.41, 5.74) is 7.32. The lowest BCUT2D eigenvalue weighted by Crippen LogP contribution is -2.12. The van der Waals surface area contributed by atoms with Crippen LogP contribution in [0.15, 0.2) is 42.5 Å². The molecule has 2 aromatic rings. The number of anilines is 1. The van der Waals surface area contributed by atoms with E-state index in [1.807, 2.05) is 12.1 Å². The number of phenols is 1. The number of hydrogen-bond acceptors (Lipinski definition) is 4. The minimum Gasteiger partial charge on any atom is -0.507 e. The van der Waals surface area contributed by atoms with Crippen molar-refractivity contribution < 1.29 is 14.6 Å². The summed E-state index contributed by atoms with van der Waals surface area (Å²) in [5.74, 6) is -0.0163. The molecule has 0 aliphatic heterocycles. The molecule has 0 aliphatic carbocycles. The highest BCUT2D eigenvalue weighted by Crippen LogP contribution is 2.24. The highest BCUT2D eigenvalue weighted by molar-refractivity contribution is 6.06. The van der Waals surface area contributed by atoms with Crippen LogP contribution in [-0.4, -0.2) is 18.1 Å². The number of nitrogens with two attached hydrogens (primary N) is 1. The van der Waals surface area contributed by atoms with Crippen molar-refractivity contribution in [3.63, 3.8) is 0 Å². The normalized spacial score (nSPS) is 10.1. The number of hydrogen-bond donors (Lipinski definition) is 3. The molecule has 0 atom stereocenters. The zero-order valence-corrected chi connectivity index (χ0v) is 11.1. The summed E-state index contributed by atoms with van der Waals surface area (Å²) in [6.45, 7) is 0.452. The van der Waals surface area contributed by atoms with Crippen molar-refractivity contribution in [1.82, 2.24) is 0 Å². The van der Waals surface area contributed by atoms with Gasteiger partial charge < -0.3 is 20.9 Å². The van der Waals surface area contributed by atoms with Crippen LogP contribution in [0.4, 0.5) is 5.69 Å². The second-order valence-corrected chi connectivity index (χ2v) is 4.24. The van der Waals surface area contributed by atoms with Crippen molar-refractivity contribution in [2.45, 2.75) is 6.54 Å². The summed E-state index contributed by atoms with van der Waals surface area (Å²) in [6, 6.07) is 11.7. The number of carbonyl (C=O) groups is 1. The molecule has 0 unspecified atom stereocenters. The molecule has 1 amide bonds. The molecule has 20 heavy (non-hydrogen) atoms. The highest BCUT2D eigenvalue weighted by atomic mass is 16.5. The Bertz CT molecular complexity index is 609. The molecule has 0 radical (unpaired) electrons. The van der Waals surface area contributed by atoms with E-state index in [1.165, 1.54) is 19.2 Å². The number of benzene rings is 2. The van der Waals surface area contributed by atoms with Gasteiger partial charge in [-0.15, -0.1) is 0 Å². The zero-order valence-electron chi connectivity index (χ0n) is 11.1. The minimum absolute atomic E-state index is 0.125. The van der Waals surface area contributed by atoms with E-state index in [4.69, 9.17) is 10.5 Å². The zero-order chi connectivity index (χ0) is 14.5. The van der Waals surface area contributed by atoms with Crippen LogP contribution in [0.3, 0.4) is 0 Å². The monoisotopic (exact) mass is 272 g/mol. The number of rotatable bonds is 4. The van der Waals surface area contributed by atoms with E-state index >= 15 is 0 Å². The number of nitrogens with one attached hydrogen (secondary N) is 1. The number of aromatic hydroxyl groups is 1. The molecule has 4 N–H and O–H groups in total. The Labute approximate surface area is 117 Å². The van der Waals surface area contributed by atoms with Gasteiger partial charge in [-0.2, -0.15) is 0 Å². The van der Waals surface area contributed by atoms with Gasteiger partial charge in [-0.05, 0) is 29.8 Å². The first-order valence-electron chi connectivity index (χ1n) is 6.11. The van der Waals surface area contributed by atoms with Gasteiger partial charge in [0.2, 0.25) is 0 Å². The molecule has 0 aromatic heterocycles. The molecule has 5 nitrogen and oxygen atoms in total. The first-order valence-corrected chi connectivity index (χ1v) is 6.11. The van der Waals surface area contributed by atoms with Crippen LogP contribution >= 0.6 is 0 Å². The predicted octanol–water partition coefficient (Wildman–Crippen LogP) is 2.11. The Hall–Kier alpha value is -2.53. The molecule has 2 rings (SSSR count). The molecule has 0 saturated heterocycles. The number of methoxy groups -OCH3 is 1. The average molecular weight is 272 g/mol. The quantitative estimate of drug-likeness (QED) is 0.795. The van der Waals surface area contributed by atoms with Gasteiger partial charge >= 0.3 is 0 Å². The fourth-order valence-corrected chi connectivity index (χ4v) is 1.75. The van der Waals surface area contributed by atoms with E-state index in [2.05, 4.69) is 5.32 Å². The van der Waals surface area contributed by atoms with E-state index in [-0.39, 0.29) is 17.2 Å². The smallest absolute Gasteiger partial charge is 0.259 e. The van der Waals surface area contributed by atoms with E-state index in [0.717, 1.165) is 5.56 Å². The number of carbonyl (C=O) groups excluding carboxylic acids is 1. The molecular formula is C15H16N2O3. The molecule has 0 bridgehead atoms. The van der Waals surface area contributed by atoms with Gasteiger partial charge in [0.05, 0.1) is 12.7 Å². The van der Waals surface area contributed by atoms with Crippen molar-refractivity contribution in [2.24, 2.45) is 5.73 Å². The maximum absolute atomic E-state index is 12.1. The van der Waals surface area contributed by atoms with Crippen molar-refractivity contribution >= 4 is 11.6 Å². The lowest BCUT2D eigenvalue weighted by molar-refractivity contribution is 0.102. The predicted molar refractivity (Wildman–Crippen MR) is 76.9 cm³/mol. The third-order valence-corrected chi connectivity index (χ3v) is 2.90. The standard InChI is InChI=1S/C15H16N2O3/c1-20-12-6-7-13(14(18)8-12)15(19)17-11-4-2-10(9-16)3-5-11/h2-8,18H,9,16H2,1H3,(H,17,19). The summed E-state index contributed by atoms with van der Waals surface area (Å²) in [5, 5.41) is 12.5. The first-order chi connectivity index (χ1) is 9.63. The van der Waals surface area contributed by atoms with Gasteiger partial charge in [-0.3, -0.25) is 4.79 Å². The fourth-order valence-electron chi connectivity index (χ4n) is 1.75. The van der Waals surface area contributed by atoms with Crippen LogP contribution < -0.4 is 15.8 Å². The Balaban J connectivity index is 2.14. The van der Waals surface area contributed by atoms with Crippen molar-refractivity contribution in [3.05, 3.63) is 53.6 Å². The molecule has 0 aliphatic rings. The van der Waals surface area contributed by atoms with Crippen molar-refractivity contribution in [1.29, 1.82) is 0 Å². The SMILES string of the molecule is COc1ccc(C(=O)Nc2ccc(CN)cc2)c(O)c1. The fraction of sp³-hybridized carbons (Fsp3) is 0.133. The van der Waals surface area contributed by atoms with Gasteiger partial charge in [0, 0.05) is 18.3 Å². The molecule has 2 aromatic carbocycles.